The smallest absolute Gasteiger partial charge is 0.124 e. The maximum absolute atomic E-state index is 10.3. The minimum Gasteiger partial charge on any atom is -0.496 e. The van der Waals surface area contributed by atoms with Crippen molar-refractivity contribution in [2.45, 2.75) is 44.4 Å². The summed E-state index contributed by atoms with van der Waals surface area (Å²) in [6, 6.07) is 8.66. The van der Waals surface area contributed by atoms with Crippen molar-refractivity contribution in [2.75, 3.05) is 46.4 Å². The van der Waals surface area contributed by atoms with E-state index in [1.165, 1.54) is 25.7 Å². The zero-order valence-corrected chi connectivity index (χ0v) is 15.4. The predicted octanol–water partition coefficient (Wildman–Crippen LogP) is 2.13. The number of aliphatic hydroxyl groups excluding tert-OH is 1. The Bertz CT molecular complexity index is 511. The number of nitrogens with zero attached hydrogens (tertiary/aromatic N) is 2. The van der Waals surface area contributed by atoms with Crippen LogP contribution < -0.4 is 4.74 Å². The van der Waals surface area contributed by atoms with Gasteiger partial charge in [0.15, 0.2) is 0 Å². The van der Waals surface area contributed by atoms with E-state index in [4.69, 9.17) is 9.47 Å². The second-order valence-electron chi connectivity index (χ2n) is 7.26. The van der Waals surface area contributed by atoms with Gasteiger partial charge in [-0.3, -0.25) is 9.80 Å². The lowest BCUT2D eigenvalue weighted by Crippen LogP contribution is -2.51. The molecule has 1 unspecified atom stereocenters. The molecule has 1 saturated carbocycles. The van der Waals surface area contributed by atoms with Crippen LogP contribution in [0.25, 0.3) is 0 Å². The first-order valence-corrected chi connectivity index (χ1v) is 9.60. The Labute approximate surface area is 151 Å². The topological polar surface area (TPSA) is 45.2 Å². The number of hydrogen-bond donors (Lipinski definition) is 1. The Kier molecular flexibility index (Phi) is 7.11. The summed E-state index contributed by atoms with van der Waals surface area (Å²) in [5.74, 6) is 0.833. The molecule has 0 bridgehead atoms. The number of hydrogen-bond acceptors (Lipinski definition) is 5. The summed E-state index contributed by atoms with van der Waals surface area (Å²) in [4.78, 5) is 5.01. The highest BCUT2D eigenvalue weighted by molar-refractivity contribution is 5.32. The molecule has 2 fully saturated rings. The summed E-state index contributed by atoms with van der Waals surface area (Å²) in [5.41, 5.74) is 1.02. The van der Waals surface area contributed by atoms with Crippen molar-refractivity contribution >= 4 is 0 Å². The van der Waals surface area contributed by atoms with Crippen molar-refractivity contribution in [2.24, 2.45) is 0 Å². The molecule has 1 aromatic carbocycles. The van der Waals surface area contributed by atoms with Crippen molar-refractivity contribution in [3.8, 4) is 5.75 Å². The third-order valence-electron chi connectivity index (χ3n) is 5.48. The predicted molar refractivity (Wildman–Crippen MR) is 98.9 cm³/mol. The molecule has 2 aliphatic rings. The average molecular weight is 348 g/mol. The standard InChI is InChI=1S/C20H32N2O3/c1-24-20-9-5-2-6-17(20)15-25-16-19(23)14-21-10-12-22(13-11-21)18-7-3-4-8-18/h2,5-6,9,18-19,23H,3-4,7-8,10-16H2,1H3. The van der Waals surface area contributed by atoms with Crippen LogP contribution in [0.1, 0.15) is 31.2 Å². The minimum atomic E-state index is -0.437. The van der Waals surface area contributed by atoms with E-state index in [-0.39, 0.29) is 0 Å². The van der Waals surface area contributed by atoms with Crippen LogP contribution in [0.15, 0.2) is 24.3 Å². The second-order valence-corrected chi connectivity index (χ2v) is 7.26. The maximum atomic E-state index is 10.3. The monoisotopic (exact) mass is 348 g/mol. The fraction of sp³-hybridized carbons (Fsp3) is 0.700. The molecule has 0 radical (unpaired) electrons. The number of piperazine rings is 1. The molecular weight excluding hydrogens is 316 g/mol. The Morgan fingerprint density at radius 3 is 2.56 bits per heavy atom. The Hall–Kier alpha value is -1.14. The van der Waals surface area contributed by atoms with Gasteiger partial charge in [0.1, 0.15) is 5.75 Å². The van der Waals surface area contributed by atoms with Gasteiger partial charge in [-0.2, -0.15) is 0 Å². The van der Waals surface area contributed by atoms with Gasteiger partial charge in [-0.05, 0) is 18.9 Å². The second kappa shape index (κ2) is 9.53. The van der Waals surface area contributed by atoms with Crippen LogP contribution in [0.2, 0.25) is 0 Å². The summed E-state index contributed by atoms with van der Waals surface area (Å²) < 4.78 is 11.0. The summed E-state index contributed by atoms with van der Waals surface area (Å²) in [7, 11) is 1.67. The fourth-order valence-electron chi connectivity index (χ4n) is 4.06. The summed E-state index contributed by atoms with van der Waals surface area (Å²) in [5, 5.41) is 10.3. The van der Waals surface area contributed by atoms with Gasteiger partial charge in [-0.1, -0.05) is 31.0 Å². The number of aliphatic hydroxyl groups is 1. The number of para-hydroxylation sites is 1. The lowest BCUT2D eigenvalue weighted by atomic mass is 10.1. The minimum absolute atomic E-state index is 0.362. The van der Waals surface area contributed by atoms with Gasteiger partial charge in [-0.25, -0.2) is 0 Å². The van der Waals surface area contributed by atoms with Crippen LogP contribution in [-0.4, -0.2) is 73.5 Å². The largest absolute Gasteiger partial charge is 0.496 e. The van der Waals surface area contributed by atoms with Gasteiger partial charge < -0.3 is 14.6 Å². The summed E-state index contributed by atoms with van der Waals surface area (Å²) in [6.07, 6.45) is 5.10. The lowest BCUT2D eigenvalue weighted by molar-refractivity contribution is -0.00208. The van der Waals surface area contributed by atoms with E-state index >= 15 is 0 Å². The van der Waals surface area contributed by atoms with Crippen LogP contribution in [0.3, 0.4) is 0 Å². The summed E-state index contributed by atoms with van der Waals surface area (Å²) in [6.45, 7) is 5.92. The van der Waals surface area contributed by atoms with Gasteiger partial charge in [0.25, 0.3) is 0 Å². The van der Waals surface area contributed by atoms with Gasteiger partial charge in [-0.15, -0.1) is 0 Å². The first kappa shape index (κ1) is 18.6. The normalized spacial score (nSPS) is 21.5. The van der Waals surface area contributed by atoms with Crippen molar-refractivity contribution in [1.29, 1.82) is 0 Å². The van der Waals surface area contributed by atoms with Crippen LogP contribution >= 0.6 is 0 Å². The Morgan fingerprint density at radius 2 is 1.84 bits per heavy atom. The average Bonchev–Trinajstić information content (AvgIpc) is 3.17. The molecule has 140 valence electrons. The fourth-order valence-corrected chi connectivity index (χ4v) is 4.06. The number of β-amino-alcohol motifs (C(OH)–C–C–N with tert-alkyl or cyclic N) is 1. The molecule has 1 aliphatic carbocycles. The third kappa shape index (κ3) is 5.42. The SMILES string of the molecule is COc1ccccc1COCC(O)CN1CCN(C2CCCC2)CC1. The van der Waals surface area contributed by atoms with Crippen molar-refractivity contribution in [3.63, 3.8) is 0 Å². The molecule has 3 rings (SSSR count). The Balaban J connectivity index is 1.33. The zero-order chi connectivity index (χ0) is 17.5. The van der Waals surface area contributed by atoms with E-state index in [1.54, 1.807) is 7.11 Å². The van der Waals surface area contributed by atoms with E-state index in [2.05, 4.69) is 9.80 Å². The highest BCUT2D eigenvalue weighted by Gasteiger charge is 2.26. The molecule has 5 nitrogen and oxygen atoms in total. The molecule has 0 spiro atoms. The third-order valence-corrected chi connectivity index (χ3v) is 5.48. The van der Waals surface area contributed by atoms with Gasteiger partial charge in [0.2, 0.25) is 0 Å². The molecule has 5 heteroatoms. The van der Waals surface area contributed by atoms with E-state index in [9.17, 15) is 5.11 Å². The van der Waals surface area contributed by atoms with Crippen LogP contribution in [-0.2, 0) is 11.3 Å². The molecule has 0 aromatic heterocycles. The molecule has 1 heterocycles. The maximum Gasteiger partial charge on any atom is 0.124 e. The molecular formula is C20H32N2O3. The van der Waals surface area contributed by atoms with Gasteiger partial charge in [0, 0.05) is 44.3 Å². The van der Waals surface area contributed by atoms with Crippen molar-refractivity contribution in [3.05, 3.63) is 29.8 Å². The molecule has 1 aliphatic heterocycles. The van der Waals surface area contributed by atoms with Gasteiger partial charge >= 0.3 is 0 Å². The van der Waals surface area contributed by atoms with Crippen molar-refractivity contribution < 1.29 is 14.6 Å². The van der Waals surface area contributed by atoms with Gasteiger partial charge in [0.05, 0.1) is 26.4 Å². The zero-order valence-electron chi connectivity index (χ0n) is 15.4. The van der Waals surface area contributed by atoms with Crippen LogP contribution in [0, 0.1) is 0 Å². The highest BCUT2D eigenvalue weighted by atomic mass is 16.5. The van der Waals surface area contributed by atoms with E-state index in [0.29, 0.717) is 19.8 Å². The first-order valence-electron chi connectivity index (χ1n) is 9.60. The molecule has 0 amide bonds. The van der Waals surface area contributed by atoms with Crippen molar-refractivity contribution in [1.82, 2.24) is 9.80 Å². The number of rotatable bonds is 8. The first-order chi connectivity index (χ1) is 12.3. The molecule has 25 heavy (non-hydrogen) atoms. The van der Waals surface area contributed by atoms with Crippen LogP contribution in [0.4, 0.5) is 0 Å². The molecule has 1 atom stereocenters. The number of methoxy groups -OCH3 is 1. The molecule has 1 aromatic rings. The molecule has 1 N–H and O–H groups in total. The highest BCUT2D eigenvalue weighted by Crippen LogP contribution is 2.24. The summed E-state index contributed by atoms with van der Waals surface area (Å²) >= 11 is 0. The van der Waals surface area contributed by atoms with E-state index in [1.807, 2.05) is 24.3 Å². The molecule has 1 saturated heterocycles. The Morgan fingerprint density at radius 1 is 1.12 bits per heavy atom. The number of ether oxygens (including phenoxy) is 2. The lowest BCUT2D eigenvalue weighted by Gasteiger charge is -2.38. The quantitative estimate of drug-likeness (QED) is 0.780. The number of benzene rings is 1. The van der Waals surface area contributed by atoms with E-state index in [0.717, 1.165) is 43.5 Å². The van der Waals surface area contributed by atoms with Crippen LogP contribution in [0.5, 0.6) is 5.75 Å². The van der Waals surface area contributed by atoms with E-state index < -0.39 is 6.10 Å².